The molecule has 114 valence electrons. The molecule has 0 radical (unpaired) electrons. The van der Waals surface area contributed by atoms with Crippen LogP contribution in [0.2, 0.25) is 0 Å². The molecule has 0 amide bonds. The van der Waals surface area contributed by atoms with Gasteiger partial charge in [0, 0.05) is 29.9 Å². The topological polar surface area (TPSA) is 39.1 Å². The second-order valence-corrected chi connectivity index (χ2v) is 6.31. The molecule has 21 heavy (non-hydrogen) atoms. The summed E-state index contributed by atoms with van der Waals surface area (Å²) in [5.41, 5.74) is 2.38. The first kappa shape index (κ1) is 15.6. The van der Waals surface area contributed by atoms with Crippen LogP contribution in [0.15, 0.2) is 36.7 Å². The fraction of sp³-hybridized carbons (Fsp3) is 0.471. The van der Waals surface area contributed by atoms with E-state index in [1.807, 2.05) is 29.1 Å². The van der Waals surface area contributed by atoms with Crippen LogP contribution in [0.5, 0.6) is 5.75 Å². The molecule has 1 heterocycles. The van der Waals surface area contributed by atoms with Crippen molar-refractivity contribution in [3.05, 3.63) is 47.8 Å². The number of para-hydroxylation sites is 1. The molecule has 2 rings (SSSR count). The van der Waals surface area contributed by atoms with Crippen LogP contribution in [-0.4, -0.2) is 16.9 Å². The van der Waals surface area contributed by atoms with Gasteiger partial charge in [-0.3, -0.25) is 4.68 Å². The predicted octanol–water partition coefficient (Wildman–Crippen LogP) is 3.50. The van der Waals surface area contributed by atoms with E-state index in [0.29, 0.717) is 0 Å². The molecule has 0 spiro atoms. The molecule has 4 nitrogen and oxygen atoms in total. The third kappa shape index (κ3) is 3.85. The van der Waals surface area contributed by atoms with Crippen molar-refractivity contribution in [2.75, 3.05) is 7.11 Å². The van der Waals surface area contributed by atoms with E-state index in [1.165, 1.54) is 11.1 Å². The molecule has 0 aliphatic heterocycles. The standard InChI is InChI=1S/C17H25N3O/c1-13(15-8-6-7-9-16(15)21-5)18-10-14-11-19-20(12-14)17(2,3)4/h6-9,11-13,18H,10H2,1-5H3/t13-/m1/s1. The molecule has 2 aromatic rings. The van der Waals surface area contributed by atoms with Crippen LogP contribution in [-0.2, 0) is 12.1 Å². The molecule has 0 unspecified atom stereocenters. The zero-order valence-corrected chi connectivity index (χ0v) is 13.6. The SMILES string of the molecule is COc1ccccc1[C@@H](C)NCc1cnn(C(C)(C)C)c1. The van der Waals surface area contributed by atoms with Gasteiger partial charge in [-0.05, 0) is 33.8 Å². The van der Waals surface area contributed by atoms with Crippen molar-refractivity contribution in [1.82, 2.24) is 15.1 Å². The molecular weight excluding hydrogens is 262 g/mol. The largest absolute Gasteiger partial charge is 0.496 e. The Bertz CT molecular complexity index is 584. The molecule has 4 heteroatoms. The summed E-state index contributed by atoms with van der Waals surface area (Å²) < 4.78 is 7.41. The lowest BCUT2D eigenvalue weighted by atomic mass is 10.1. The molecule has 1 aromatic heterocycles. The van der Waals surface area contributed by atoms with Crippen molar-refractivity contribution >= 4 is 0 Å². The average molecular weight is 287 g/mol. The van der Waals surface area contributed by atoms with Crippen LogP contribution < -0.4 is 10.1 Å². The maximum Gasteiger partial charge on any atom is 0.123 e. The van der Waals surface area contributed by atoms with Gasteiger partial charge in [0.05, 0.1) is 18.8 Å². The first-order valence-corrected chi connectivity index (χ1v) is 7.32. The highest BCUT2D eigenvalue weighted by molar-refractivity contribution is 5.35. The van der Waals surface area contributed by atoms with Gasteiger partial charge in [-0.1, -0.05) is 18.2 Å². The number of nitrogens with zero attached hydrogens (tertiary/aromatic N) is 2. The van der Waals surface area contributed by atoms with Gasteiger partial charge >= 0.3 is 0 Å². The highest BCUT2D eigenvalue weighted by atomic mass is 16.5. The Kier molecular flexibility index (Phi) is 4.68. The van der Waals surface area contributed by atoms with Crippen LogP contribution >= 0.6 is 0 Å². The Morgan fingerprint density at radius 1 is 1.29 bits per heavy atom. The first-order valence-electron chi connectivity index (χ1n) is 7.32. The van der Waals surface area contributed by atoms with Gasteiger partial charge < -0.3 is 10.1 Å². The zero-order valence-electron chi connectivity index (χ0n) is 13.6. The number of hydrogen-bond donors (Lipinski definition) is 1. The van der Waals surface area contributed by atoms with Gasteiger partial charge in [-0.25, -0.2) is 0 Å². The van der Waals surface area contributed by atoms with Crippen molar-refractivity contribution in [3.63, 3.8) is 0 Å². The summed E-state index contributed by atoms with van der Waals surface area (Å²) in [6.45, 7) is 9.37. The minimum Gasteiger partial charge on any atom is -0.496 e. The maximum absolute atomic E-state index is 5.41. The van der Waals surface area contributed by atoms with E-state index >= 15 is 0 Å². The quantitative estimate of drug-likeness (QED) is 0.915. The first-order chi connectivity index (χ1) is 9.91. The van der Waals surface area contributed by atoms with Crippen molar-refractivity contribution in [2.45, 2.75) is 45.8 Å². The van der Waals surface area contributed by atoms with E-state index < -0.39 is 0 Å². The zero-order chi connectivity index (χ0) is 15.5. The summed E-state index contributed by atoms with van der Waals surface area (Å²) in [5.74, 6) is 0.919. The minimum atomic E-state index is 0.0204. The normalized spacial score (nSPS) is 13.2. The third-order valence-electron chi connectivity index (χ3n) is 3.54. The van der Waals surface area contributed by atoms with E-state index in [0.717, 1.165) is 12.3 Å². The van der Waals surface area contributed by atoms with Gasteiger partial charge in [-0.2, -0.15) is 5.10 Å². The molecule has 0 aliphatic carbocycles. The summed E-state index contributed by atoms with van der Waals surface area (Å²) in [4.78, 5) is 0. The lowest BCUT2D eigenvalue weighted by Crippen LogP contribution is -2.22. The van der Waals surface area contributed by atoms with Crippen LogP contribution in [0.3, 0.4) is 0 Å². The van der Waals surface area contributed by atoms with Crippen LogP contribution in [0.4, 0.5) is 0 Å². The smallest absolute Gasteiger partial charge is 0.123 e. The minimum absolute atomic E-state index is 0.0204. The van der Waals surface area contributed by atoms with E-state index in [1.54, 1.807) is 7.11 Å². The van der Waals surface area contributed by atoms with Gasteiger partial charge in [0.25, 0.3) is 0 Å². The summed E-state index contributed by atoms with van der Waals surface area (Å²) >= 11 is 0. The number of methoxy groups -OCH3 is 1. The summed E-state index contributed by atoms with van der Waals surface area (Å²) in [6.07, 6.45) is 4.02. The van der Waals surface area contributed by atoms with Gasteiger partial charge in [-0.15, -0.1) is 0 Å². The number of rotatable bonds is 5. The molecular formula is C17H25N3O. The molecule has 0 fully saturated rings. The van der Waals surface area contributed by atoms with E-state index in [9.17, 15) is 0 Å². The molecule has 1 atom stereocenters. The fourth-order valence-electron chi connectivity index (χ4n) is 2.22. The molecule has 1 aromatic carbocycles. The second kappa shape index (κ2) is 6.31. The van der Waals surface area contributed by atoms with Crippen molar-refractivity contribution < 1.29 is 4.74 Å². The molecule has 0 saturated carbocycles. The van der Waals surface area contributed by atoms with E-state index in [2.05, 4.69) is 50.4 Å². The molecule has 0 bridgehead atoms. The third-order valence-corrected chi connectivity index (χ3v) is 3.54. The maximum atomic E-state index is 5.41. The molecule has 0 aliphatic rings. The van der Waals surface area contributed by atoms with Gasteiger partial charge in [0.15, 0.2) is 0 Å². The Hall–Kier alpha value is -1.81. The van der Waals surface area contributed by atoms with Crippen LogP contribution in [0.1, 0.15) is 44.9 Å². The average Bonchev–Trinajstić information content (AvgIpc) is 2.93. The number of aromatic nitrogens is 2. The van der Waals surface area contributed by atoms with Crippen molar-refractivity contribution in [3.8, 4) is 5.75 Å². The number of hydrogen-bond acceptors (Lipinski definition) is 3. The number of ether oxygens (including phenoxy) is 1. The highest BCUT2D eigenvalue weighted by Crippen LogP contribution is 2.24. The predicted molar refractivity (Wildman–Crippen MR) is 85.5 cm³/mol. The molecule has 1 N–H and O–H groups in total. The highest BCUT2D eigenvalue weighted by Gasteiger charge is 2.15. The van der Waals surface area contributed by atoms with Crippen LogP contribution in [0, 0.1) is 0 Å². The monoisotopic (exact) mass is 287 g/mol. The number of nitrogens with one attached hydrogen (secondary N) is 1. The van der Waals surface area contributed by atoms with Gasteiger partial charge in [0.2, 0.25) is 0 Å². The van der Waals surface area contributed by atoms with Crippen molar-refractivity contribution in [1.29, 1.82) is 0 Å². The Morgan fingerprint density at radius 2 is 2.00 bits per heavy atom. The lowest BCUT2D eigenvalue weighted by Gasteiger charge is -2.19. The Labute approximate surface area is 127 Å². The summed E-state index contributed by atoms with van der Waals surface area (Å²) in [7, 11) is 1.71. The second-order valence-electron chi connectivity index (χ2n) is 6.31. The summed E-state index contributed by atoms with van der Waals surface area (Å²) in [6, 6.07) is 8.33. The van der Waals surface area contributed by atoms with E-state index in [4.69, 9.17) is 4.74 Å². The Morgan fingerprint density at radius 3 is 2.62 bits per heavy atom. The lowest BCUT2D eigenvalue weighted by molar-refractivity contribution is 0.355. The van der Waals surface area contributed by atoms with Gasteiger partial charge in [0.1, 0.15) is 5.75 Å². The van der Waals surface area contributed by atoms with Crippen molar-refractivity contribution in [2.24, 2.45) is 0 Å². The summed E-state index contributed by atoms with van der Waals surface area (Å²) in [5, 5.41) is 7.95. The fourth-order valence-corrected chi connectivity index (χ4v) is 2.22. The Balaban J connectivity index is 2.01. The van der Waals surface area contributed by atoms with Crippen LogP contribution in [0.25, 0.3) is 0 Å². The number of benzene rings is 1. The van der Waals surface area contributed by atoms with E-state index in [-0.39, 0.29) is 11.6 Å². The molecule has 0 saturated heterocycles.